The average Bonchev–Trinajstić information content (AvgIpc) is 2.96. The number of ether oxygens (including phenoxy) is 1. The number of carbonyl (C=O) groups is 1. The summed E-state index contributed by atoms with van der Waals surface area (Å²) < 4.78 is 10.4. The van der Waals surface area contributed by atoms with Crippen LogP contribution in [-0.2, 0) is 4.79 Å². The number of hydrogen-bond acceptors (Lipinski definition) is 6. The summed E-state index contributed by atoms with van der Waals surface area (Å²) in [5.74, 6) is 1.09. The highest BCUT2D eigenvalue weighted by Crippen LogP contribution is 2.27. The molecule has 1 amide bonds. The minimum Gasteiger partial charge on any atom is -0.496 e. The van der Waals surface area contributed by atoms with E-state index in [0.29, 0.717) is 17.5 Å². The Morgan fingerprint density at radius 2 is 2.19 bits per heavy atom. The first-order chi connectivity index (χ1) is 9.65. The van der Waals surface area contributed by atoms with Crippen LogP contribution in [0.15, 0.2) is 28.8 Å². The van der Waals surface area contributed by atoms with E-state index in [1.807, 2.05) is 24.3 Å². The second kappa shape index (κ2) is 7.61. The van der Waals surface area contributed by atoms with Crippen molar-refractivity contribution in [3.8, 4) is 17.1 Å². The van der Waals surface area contributed by atoms with E-state index in [1.165, 1.54) is 0 Å². The molecule has 2 aromatic rings. The van der Waals surface area contributed by atoms with Crippen molar-refractivity contribution >= 4 is 18.3 Å². The molecule has 1 aromatic carbocycles. The minimum absolute atomic E-state index is 0. The summed E-state index contributed by atoms with van der Waals surface area (Å²) in [6, 6.07) is 6.95. The lowest BCUT2D eigenvalue weighted by atomic mass is 10.2. The third kappa shape index (κ3) is 3.93. The molecule has 8 heteroatoms. The molecule has 21 heavy (non-hydrogen) atoms. The molecule has 1 unspecified atom stereocenters. The van der Waals surface area contributed by atoms with Gasteiger partial charge in [0.25, 0.3) is 0 Å². The van der Waals surface area contributed by atoms with Crippen LogP contribution in [-0.4, -0.2) is 29.7 Å². The van der Waals surface area contributed by atoms with E-state index in [2.05, 4.69) is 15.5 Å². The topological polar surface area (TPSA) is 103 Å². The summed E-state index contributed by atoms with van der Waals surface area (Å²) in [5, 5.41) is 6.55. The molecule has 0 aliphatic heterocycles. The minimum atomic E-state index is -0.401. The molecule has 1 atom stereocenters. The van der Waals surface area contributed by atoms with Crippen LogP contribution in [0.3, 0.4) is 0 Å². The van der Waals surface area contributed by atoms with E-state index in [0.717, 1.165) is 5.56 Å². The maximum absolute atomic E-state index is 11.2. The number of aromatic nitrogens is 2. The normalized spacial score (nSPS) is 11.4. The number of nitrogens with two attached hydrogens (primary N) is 1. The fourth-order valence-electron chi connectivity index (χ4n) is 1.71. The average molecular weight is 313 g/mol. The van der Waals surface area contributed by atoms with Crippen molar-refractivity contribution in [1.82, 2.24) is 15.5 Å². The highest BCUT2D eigenvalue weighted by atomic mass is 35.5. The van der Waals surface area contributed by atoms with Crippen molar-refractivity contribution in [1.29, 1.82) is 0 Å². The van der Waals surface area contributed by atoms with Crippen LogP contribution >= 0.6 is 12.4 Å². The number of hydrogen-bond donors (Lipinski definition) is 2. The molecule has 7 nitrogen and oxygen atoms in total. The molecule has 0 aliphatic rings. The van der Waals surface area contributed by atoms with Gasteiger partial charge in [-0.25, -0.2) is 0 Å². The van der Waals surface area contributed by atoms with Crippen molar-refractivity contribution in [2.45, 2.75) is 13.0 Å². The van der Waals surface area contributed by atoms with Crippen molar-refractivity contribution in [3.63, 3.8) is 0 Å². The van der Waals surface area contributed by atoms with Crippen LogP contribution in [0, 0.1) is 0 Å². The van der Waals surface area contributed by atoms with Crippen LogP contribution in [0.25, 0.3) is 11.4 Å². The van der Waals surface area contributed by atoms with Gasteiger partial charge in [-0.15, -0.1) is 12.4 Å². The molecule has 0 saturated carbocycles. The Hall–Kier alpha value is -2.12. The molecule has 0 saturated heterocycles. The first kappa shape index (κ1) is 16.9. The molecule has 0 spiro atoms. The monoisotopic (exact) mass is 312 g/mol. The summed E-state index contributed by atoms with van der Waals surface area (Å²) in [6.07, 6.45) is 0. The summed E-state index contributed by atoms with van der Waals surface area (Å²) in [7, 11) is 1.57. The van der Waals surface area contributed by atoms with Crippen LogP contribution in [0.4, 0.5) is 0 Å². The molecule has 114 valence electrons. The van der Waals surface area contributed by atoms with Crippen LogP contribution < -0.4 is 15.8 Å². The van der Waals surface area contributed by atoms with Crippen LogP contribution in [0.1, 0.15) is 18.9 Å². The zero-order valence-electron chi connectivity index (χ0n) is 11.7. The van der Waals surface area contributed by atoms with Crippen LogP contribution in [0.2, 0.25) is 0 Å². The lowest BCUT2D eigenvalue weighted by molar-refractivity contribution is -0.120. The van der Waals surface area contributed by atoms with Crippen molar-refractivity contribution < 1.29 is 14.1 Å². The predicted octanol–water partition coefficient (Wildman–Crippen LogP) is 1.30. The maximum atomic E-state index is 11.2. The van der Waals surface area contributed by atoms with E-state index in [4.69, 9.17) is 15.0 Å². The molecular weight excluding hydrogens is 296 g/mol. The van der Waals surface area contributed by atoms with Gasteiger partial charge in [-0.3, -0.25) is 4.79 Å². The van der Waals surface area contributed by atoms with E-state index >= 15 is 0 Å². The number of rotatable bonds is 5. The Bertz CT molecular complexity index is 603. The number of nitrogens with zero attached hydrogens (tertiary/aromatic N) is 2. The number of halogens is 1. The Balaban J connectivity index is 0.00000220. The summed E-state index contributed by atoms with van der Waals surface area (Å²) in [5.41, 5.74) is 5.96. The summed E-state index contributed by atoms with van der Waals surface area (Å²) in [4.78, 5) is 15.5. The number of benzene rings is 1. The molecule has 2 rings (SSSR count). The van der Waals surface area contributed by atoms with Gasteiger partial charge in [-0.1, -0.05) is 17.3 Å². The van der Waals surface area contributed by atoms with Gasteiger partial charge in [0.1, 0.15) is 11.8 Å². The zero-order valence-corrected chi connectivity index (χ0v) is 12.5. The summed E-state index contributed by atoms with van der Waals surface area (Å²) in [6.45, 7) is 1.66. The van der Waals surface area contributed by atoms with Gasteiger partial charge in [0.15, 0.2) is 0 Å². The molecule has 3 N–H and O–H groups in total. The predicted molar refractivity (Wildman–Crippen MR) is 79.1 cm³/mol. The van der Waals surface area contributed by atoms with E-state index in [1.54, 1.807) is 14.0 Å². The quantitative estimate of drug-likeness (QED) is 0.862. The van der Waals surface area contributed by atoms with Crippen molar-refractivity contribution in [3.05, 3.63) is 30.2 Å². The second-order valence-corrected chi connectivity index (χ2v) is 4.15. The number of carbonyl (C=O) groups excluding carboxylic acids is 1. The molecule has 0 fully saturated rings. The largest absolute Gasteiger partial charge is 0.496 e. The van der Waals surface area contributed by atoms with Gasteiger partial charge < -0.3 is 20.3 Å². The third-order valence-corrected chi connectivity index (χ3v) is 2.72. The number of amides is 1. The Labute approximate surface area is 128 Å². The lowest BCUT2D eigenvalue weighted by Gasteiger charge is -2.07. The smallest absolute Gasteiger partial charge is 0.249 e. The summed E-state index contributed by atoms with van der Waals surface area (Å²) >= 11 is 0. The van der Waals surface area contributed by atoms with E-state index < -0.39 is 6.04 Å². The van der Waals surface area contributed by atoms with Gasteiger partial charge >= 0.3 is 0 Å². The Morgan fingerprint density at radius 1 is 1.48 bits per heavy atom. The van der Waals surface area contributed by atoms with Gasteiger partial charge in [0.2, 0.25) is 17.6 Å². The molecule has 0 aliphatic carbocycles. The SMILES string of the molecule is COc1ccccc1-c1noc(C(C)NC(=O)CN)n1.Cl. The standard InChI is InChI=1S/C13H16N4O3.ClH/c1-8(15-11(18)7-14)13-16-12(17-20-13)9-5-3-4-6-10(9)19-2;/h3-6,8H,7,14H2,1-2H3,(H,15,18);1H. The number of para-hydroxylation sites is 1. The lowest BCUT2D eigenvalue weighted by Crippen LogP contribution is -2.32. The highest BCUT2D eigenvalue weighted by molar-refractivity contribution is 5.85. The molecule has 0 bridgehead atoms. The zero-order chi connectivity index (χ0) is 14.5. The van der Waals surface area contributed by atoms with E-state index in [9.17, 15) is 4.79 Å². The molecule has 1 aromatic heterocycles. The first-order valence-corrected chi connectivity index (χ1v) is 6.12. The molecule has 0 radical (unpaired) electrons. The fourth-order valence-corrected chi connectivity index (χ4v) is 1.71. The van der Waals surface area contributed by atoms with Gasteiger partial charge in [0.05, 0.1) is 19.2 Å². The number of nitrogens with one attached hydrogen (secondary N) is 1. The van der Waals surface area contributed by atoms with Gasteiger partial charge in [0, 0.05) is 0 Å². The number of methoxy groups -OCH3 is 1. The maximum Gasteiger partial charge on any atom is 0.249 e. The van der Waals surface area contributed by atoms with Gasteiger partial charge in [-0.05, 0) is 19.1 Å². The van der Waals surface area contributed by atoms with Crippen molar-refractivity contribution in [2.24, 2.45) is 5.73 Å². The first-order valence-electron chi connectivity index (χ1n) is 6.12. The van der Waals surface area contributed by atoms with Crippen LogP contribution in [0.5, 0.6) is 5.75 Å². The fraction of sp³-hybridized carbons (Fsp3) is 0.308. The molecule has 1 heterocycles. The van der Waals surface area contributed by atoms with E-state index in [-0.39, 0.29) is 24.9 Å². The highest BCUT2D eigenvalue weighted by Gasteiger charge is 2.18. The Morgan fingerprint density at radius 3 is 2.86 bits per heavy atom. The Kier molecular flexibility index (Phi) is 6.13. The second-order valence-electron chi connectivity index (χ2n) is 4.15. The third-order valence-electron chi connectivity index (χ3n) is 2.72. The van der Waals surface area contributed by atoms with Gasteiger partial charge in [-0.2, -0.15) is 4.98 Å². The van der Waals surface area contributed by atoms with Crippen molar-refractivity contribution in [2.75, 3.05) is 13.7 Å². The molecular formula is C13H17ClN4O3.